The van der Waals surface area contributed by atoms with Gasteiger partial charge < -0.3 is 20.1 Å². The first-order valence-electron chi connectivity index (χ1n) is 11.4. The van der Waals surface area contributed by atoms with Crippen molar-refractivity contribution in [3.63, 3.8) is 0 Å². The van der Waals surface area contributed by atoms with Crippen LogP contribution < -0.4 is 5.73 Å². The van der Waals surface area contributed by atoms with E-state index in [2.05, 4.69) is 11.7 Å². The fourth-order valence-corrected chi connectivity index (χ4v) is 5.25. The lowest BCUT2D eigenvalue weighted by Crippen LogP contribution is -2.73. The highest BCUT2D eigenvalue weighted by Crippen LogP contribution is 2.56. The Kier molecular flexibility index (Phi) is 7.70. The minimum absolute atomic E-state index is 0.147. The van der Waals surface area contributed by atoms with Gasteiger partial charge in [-0.15, -0.1) is 0 Å². The minimum Gasteiger partial charge on any atom is -0.459 e. The van der Waals surface area contributed by atoms with Crippen molar-refractivity contribution in [2.75, 3.05) is 6.54 Å². The van der Waals surface area contributed by atoms with Gasteiger partial charge in [0.05, 0.1) is 11.5 Å². The summed E-state index contributed by atoms with van der Waals surface area (Å²) in [6.07, 6.45) is -5.38. The number of likely N-dealkylation sites (tertiary alicyclic amines) is 1. The number of nitrogens with zero attached hydrogens (tertiary/aromatic N) is 1. The van der Waals surface area contributed by atoms with Crippen LogP contribution >= 0.6 is 0 Å². The predicted molar refractivity (Wildman–Crippen MR) is 115 cm³/mol. The molecule has 1 saturated heterocycles. The quantitative estimate of drug-likeness (QED) is 0.598. The first-order chi connectivity index (χ1) is 14.8. The smallest absolute Gasteiger partial charge is 0.405 e. The molecule has 3 fully saturated rings. The topological polar surface area (TPSA) is 98.9 Å². The molecule has 5 unspecified atom stereocenters. The van der Waals surface area contributed by atoms with E-state index in [-0.39, 0.29) is 23.7 Å². The first kappa shape index (κ1) is 27.2. The standard InChI is InChI=1S/C18H26F3NO3.C5H11NO2/c1-9-5-10-6-11-13(9)15(25-16(24)17(2,3)4)14(11)22(8-10)12(23)7-18(19,20)21;1-5(2,3)8-4(6)7/h9-11,13-15H,5-8H2,1-4H3;1-3H3,(H2,6,7)/t9?,10?,11-,13?,14?,15?;/m0./s1. The van der Waals surface area contributed by atoms with Gasteiger partial charge in [-0.05, 0) is 72.1 Å². The van der Waals surface area contributed by atoms with E-state index in [1.54, 1.807) is 41.5 Å². The summed E-state index contributed by atoms with van der Waals surface area (Å²) in [6.45, 7) is 13.0. The maximum Gasteiger partial charge on any atom is 0.405 e. The number of amides is 2. The SMILES string of the molecule is CC(C)(C)OC(N)=O.CC1CC2C[C@H]3C1C(OC(=O)C(C)(C)C)C3N(C(=O)CC(F)(F)F)C2. The normalized spacial score (nSPS) is 30.9. The highest BCUT2D eigenvalue weighted by molar-refractivity contribution is 5.78. The molecule has 3 rings (SSSR count). The van der Waals surface area contributed by atoms with Crippen molar-refractivity contribution < 1.29 is 37.0 Å². The second-order valence-corrected chi connectivity index (χ2v) is 11.5. The van der Waals surface area contributed by atoms with Crippen LogP contribution in [0.4, 0.5) is 18.0 Å². The summed E-state index contributed by atoms with van der Waals surface area (Å²) >= 11 is 0. The Bertz CT molecular complexity index is 755. The molecule has 0 radical (unpaired) electrons. The van der Waals surface area contributed by atoms with E-state index in [9.17, 15) is 27.6 Å². The van der Waals surface area contributed by atoms with Crippen LogP contribution in [0.3, 0.4) is 0 Å². The van der Waals surface area contributed by atoms with Gasteiger partial charge >= 0.3 is 18.2 Å². The van der Waals surface area contributed by atoms with Gasteiger partial charge in [-0.3, -0.25) is 9.59 Å². The average molecular weight is 479 g/mol. The van der Waals surface area contributed by atoms with E-state index in [1.807, 2.05) is 0 Å². The number of piperidine rings is 1. The van der Waals surface area contributed by atoms with E-state index in [0.717, 1.165) is 12.8 Å². The molecule has 33 heavy (non-hydrogen) atoms. The van der Waals surface area contributed by atoms with Crippen molar-refractivity contribution in [1.82, 2.24) is 4.90 Å². The summed E-state index contributed by atoms with van der Waals surface area (Å²) in [7, 11) is 0. The third-order valence-corrected chi connectivity index (χ3v) is 6.37. The maximum atomic E-state index is 12.7. The zero-order valence-corrected chi connectivity index (χ0v) is 20.5. The molecular weight excluding hydrogens is 441 g/mol. The van der Waals surface area contributed by atoms with Crippen LogP contribution in [-0.4, -0.2) is 53.3 Å². The molecule has 0 aromatic rings. The van der Waals surface area contributed by atoms with Crippen LogP contribution in [0.2, 0.25) is 0 Å². The summed E-state index contributed by atoms with van der Waals surface area (Å²) < 4.78 is 48.3. The number of carbonyl (C=O) groups excluding carboxylic acids is 3. The molecule has 0 spiro atoms. The van der Waals surface area contributed by atoms with Gasteiger partial charge in [0.2, 0.25) is 5.91 Å². The van der Waals surface area contributed by atoms with Crippen molar-refractivity contribution in [2.45, 2.75) is 91.7 Å². The van der Waals surface area contributed by atoms with Crippen LogP contribution in [-0.2, 0) is 19.1 Å². The zero-order valence-electron chi connectivity index (χ0n) is 20.5. The average Bonchev–Trinajstić information content (AvgIpc) is 2.54. The van der Waals surface area contributed by atoms with Gasteiger partial charge in [-0.1, -0.05) is 6.92 Å². The molecule has 3 aliphatic rings. The number of halogens is 3. The summed E-state index contributed by atoms with van der Waals surface area (Å²) in [5.41, 5.74) is 3.59. The number of rotatable bonds is 2. The fraction of sp³-hybridized carbons (Fsp3) is 0.870. The van der Waals surface area contributed by atoms with Crippen molar-refractivity contribution in [3.8, 4) is 0 Å². The monoisotopic (exact) mass is 478 g/mol. The third-order valence-electron chi connectivity index (χ3n) is 6.37. The van der Waals surface area contributed by atoms with E-state index in [1.165, 1.54) is 4.90 Å². The van der Waals surface area contributed by atoms with Crippen LogP contribution in [0.15, 0.2) is 0 Å². The van der Waals surface area contributed by atoms with Gasteiger partial charge in [0.15, 0.2) is 0 Å². The van der Waals surface area contributed by atoms with Crippen molar-refractivity contribution in [2.24, 2.45) is 34.8 Å². The fourth-order valence-electron chi connectivity index (χ4n) is 5.25. The van der Waals surface area contributed by atoms with Crippen LogP contribution in [0.5, 0.6) is 0 Å². The number of alkyl halides is 3. The Hall–Kier alpha value is -2.00. The third kappa shape index (κ3) is 6.99. The summed E-state index contributed by atoms with van der Waals surface area (Å²) in [6, 6.07) is -0.398. The maximum absolute atomic E-state index is 12.7. The molecule has 2 amide bonds. The van der Waals surface area contributed by atoms with Gasteiger partial charge in [-0.2, -0.15) is 13.2 Å². The van der Waals surface area contributed by atoms with Crippen molar-refractivity contribution in [1.29, 1.82) is 0 Å². The molecule has 6 atom stereocenters. The Labute approximate surface area is 193 Å². The molecular formula is C23H37F3N2O5. The van der Waals surface area contributed by atoms with Crippen LogP contribution in [0.1, 0.15) is 67.7 Å². The number of fused-ring (bicyclic) bond motifs is 1. The lowest BCUT2D eigenvalue weighted by molar-refractivity contribution is -0.228. The molecule has 2 N–H and O–H groups in total. The number of primary amides is 1. The Morgan fingerprint density at radius 1 is 1.03 bits per heavy atom. The van der Waals surface area contributed by atoms with Crippen molar-refractivity contribution >= 4 is 18.0 Å². The van der Waals surface area contributed by atoms with E-state index in [4.69, 9.17) is 10.5 Å². The number of hydrogen-bond acceptors (Lipinski definition) is 5. The molecule has 0 aromatic carbocycles. The summed E-state index contributed by atoms with van der Waals surface area (Å²) in [4.78, 5) is 35.9. The minimum atomic E-state index is -4.52. The molecule has 190 valence electrons. The Morgan fingerprint density at radius 2 is 1.61 bits per heavy atom. The number of esters is 1. The number of hydrogen-bond donors (Lipinski definition) is 1. The summed E-state index contributed by atoms with van der Waals surface area (Å²) in [5, 5.41) is 0. The highest BCUT2D eigenvalue weighted by Gasteiger charge is 2.63. The number of nitrogens with two attached hydrogens (primary N) is 1. The largest absolute Gasteiger partial charge is 0.459 e. The van der Waals surface area contributed by atoms with Crippen LogP contribution in [0.25, 0.3) is 0 Å². The number of carbonyl (C=O) groups is 3. The van der Waals surface area contributed by atoms with E-state index < -0.39 is 47.8 Å². The van der Waals surface area contributed by atoms with Gasteiger partial charge in [0.25, 0.3) is 0 Å². The van der Waals surface area contributed by atoms with Crippen molar-refractivity contribution in [3.05, 3.63) is 0 Å². The zero-order chi connectivity index (χ0) is 25.5. The lowest BCUT2D eigenvalue weighted by Gasteiger charge is -2.64. The second-order valence-electron chi connectivity index (χ2n) is 11.5. The highest BCUT2D eigenvalue weighted by atomic mass is 19.4. The molecule has 2 saturated carbocycles. The molecule has 1 heterocycles. The summed E-state index contributed by atoms with van der Waals surface area (Å²) in [5.74, 6) is -0.343. The molecule has 10 heteroatoms. The predicted octanol–water partition coefficient (Wildman–Crippen LogP) is 4.28. The molecule has 7 nitrogen and oxygen atoms in total. The Morgan fingerprint density at radius 3 is 2.03 bits per heavy atom. The molecule has 2 aliphatic carbocycles. The van der Waals surface area contributed by atoms with E-state index >= 15 is 0 Å². The molecule has 1 aliphatic heterocycles. The van der Waals surface area contributed by atoms with Gasteiger partial charge in [0.1, 0.15) is 18.1 Å². The van der Waals surface area contributed by atoms with Crippen LogP contribution in [0, 0.1) is 29.1 Å². The Balaban J connectivity index is 0.000000414. The molecule has 0 aromatic heterocycles. The first-order valence-corrected chi connectivity index (χ1v) is 11.4. The number of ether oxygens (including phenoxy) is 2. The van der Waals surface area contributed by atoms with Gasteiger partial charge in [0, 0.05) is 12.5 Å². The second kappa shape index (κ2) is 9.33. The van der Waals surface area contributed by atoms with E-state index in [0.29, 0.717) is 12.5 Å². The molecule has 2 bridgehead atoms. The lowest BCUT2D eigenvalue weighted by atomic mass is 9.51. The van der Waals surface area contributed by atoms with Gasteiger partial charge in [-0.25, -0.2) is 4.79 Å².